The van der Waals surface area contributed by atoms with Gasteiger partial charge in [0.2, 0.25) is 0 Å². The molecule has 0 amide bonds. The summed E-state index contributed by atoms with van der Waals surface area (Å²) in [4.78, 5) is 12.1. The van der Waals surface area contributed by atoms with E-state index in [4.69, 9.17) is 14.2 Å². The Hall–Kier alpha value is -2.17. The van der Waals surface area contributed by atoms with Gasteiger partial charge >= 0.3 is 11.8 Å². The second-order valence-corrected chi connectivity index (χ2v) is 3.84. The Morgan fingerprint density at radius 2 is 1.50 bits per heavy atom. The van der Waals surface area contributed by atoms with E-state index >= 15 is 0 Å². The maximum absolute atomic E-state index is 12.1. The fourth-order valence-corrected chi connectivity index (χ4v) is 1.11. The van der Waals surface area contributed by atoms with Crippen molar-refractivity contribution in [3.05, 3.63) is 48.3 Å². The molecule has 0 radical (unpaired) electrons. The highest BCUT2D eigenvalue weighted by Crippen LogP contribution is 2.20. The van der Waals surface area contributed by atoms with Crippen LogP contribution in [0.5, 0.6) is 0 Å². The van der Waals surface area contributed by atoms with E-state index in [-0.39, 0.29) is 11.5 Å². The molecule has 0 aromatic carbocycles. The van der Waals surface area contributed by atoms with E-state index in [9.17, 15) is 9.90 Å². The Bertz CT molecular complexity index is 416. The van der Waals surface area contributed by atoms with E-state index in [0.717, 1.165) is 0 Å². The molecule has 0 aliphatic heterocycles. The molecule has 0 bridgehead atoms. The maximum atomic E-state index is 12.1. The molecule has 5 heteroatoms. The van der Waals surface area contributed by atoms with E-state index in [1.807, 2.05) is 0 Å². The third-order valence-electron chi connectivity index (χ3n) is 2.22. The third kappa shape index (κ3) is 5.22. The van der Waals surface area contributed by atoms with Crippen molar-refractivity contribution in [2.45, 2.75) is 40.4 Å². The Morgan fingerprint density at radius 1 is 1.00 bits per heavy atom. The summed E-state index contributed by atoms with van der Waals surface area (Å²) in [6, 6.07) is 0. The van der Waals surface area contributed by atoms with Crippen LogP contribution in [0, 0.1) is 0 Å². The molecule has 1 N–H and O–H groups in total. The van der Waals surface area contributed by atoms with Crippen LogP contribution in [0.25, 0.3) is 0 Å². The first kappa shape index (κ1) is 17.8. The molecule has 0 rings (SSSR count). The second-order valence-electron chi connectivity index (χ2n) is 3.84. The van der Waals surface area contributed by atoms with E-state index in [2.05, 4.69) is 0 Å². The van der Waals surface area contributed by atoms with Crippen LogP contribution in [0.1, 0.15) is 34.6 Å². The molecule has 0 aromatic rings. The largest absolute Gasteiger partial charge is 0.504 e. The van der Waals surface area contributed by atoms with Gasteiger partial charge in [-0.05, 0) is 39.8 Å². The molecule has 0 saturated carbocycles. The first-order valence-corrected chi connectivity index (χ1v) is 6.27. The molecule has 20 heavy (non-hydrogen) atoms. The highest BCUT2D eigenvalue weighted by molar-refractivity contribution is 5.79. The molecular weight excluding hydrogens is 260 g/mol. The average molecular weight is 282 g/mol. The van der Waals surface area contributed by atoms with Crippen LogP contribution in [0.2, 0.25) is 0 Å². The van der Waals surface area contributed by atoms with E-state index in [1.54, 1.807) is 39.8 Å². The third-order valence-corrected chi connectivity index (χ3v) is 2.22. The van der Waals surface area contributed by atoms with Gasteiger partial charge in [-0.1, -0.05) is 12.2 Å². The van der Waals surface area contributed by atoms with Crippen molar-refractivity contribution in [3.8, 4) is 0 Å². The van der Waals surface area contributed by atoms with Crippen LogP contribution in [-0.2, 0) is 19.0 Å². The summed E-state index contributed by atoms with van der Waals surface area (Å²) in [5, 5.41) is 9.59. The van der Waals surface area contributed by atoms with E-state index in [1.165, 1.54) is 31.6 Å². The van der Waals surface area contributed by atoms with Crippen LogP contribution < -0.4 is 0 Å². The molecule has 5 nitrogen and oxygen atoms in total. The topological polar surface area (TPSA) is 65.0 Å². The number of allylic oxidation sites excluding steroid dienone is 4. The number of carbonyl (C=O) groups is 1. The summed E-state index contributed by atoms with van der Waals surface area (Å²) in [7, 11) is 0. The fourth-order valence-electron chi connectivity index (χ4n) is 1.11. The number of hydrogen-bond acceptors (Lipinski definition) is 5. The normalized spacial score (nSPS) is 16.2. The van der Waals surface area contributed by atoms with E-state index in [0.29, 0.717) is 0 Å². The summed E-state index contributed by atoms with van der Waals surface area (Å²) >= 11 is 0. The number of rotatable bonds is 7. The zero-order valence-electron chi connectivity index (χ0n) is 12.5. The monoisotopic (exact) mass is 282 g/mol. The molecular formula is C15H22O5. The van der Waals surface area contributed by atoms with Gasteiger partial charge in [0, 0.05) is 6.92 Å². The fraction of sp³-hybridized carbons (Fsp3) is 0.400. The zero-order valence-corrected chi connectivity index (χ0v) is 12.5. The minimum absolute atomic E-state index is 0.0388. The molecule has 0 heterocycles. The predicted molar refractivity (Wildman–Crippen MR) is 76.4 cm³/mol. The number of esters is 1. The highest BCUT2D eigenvalue weighted by Gasteiger charge is 2.39. The molecule has 0 saturated heterocycles. The molecule has 0 aliphatic carbocycles. The number of aliphatic hydroxyl groups is 1. The molecule has 0 spiro atoms. The lowest BCUT2D eigenvalue weighted by Crippen LogP contribution is -2.40. The van der Waals surface area contributed by atoms with Gasteiger partial charge in [0.15, 0.2) is 11.5 Å². The number of carbonyl (C=O) groups excluding carboxylic acids is 1. The Labute approximate surface area is 119 Å². The van der Waals surface area contributed by atoms with Crippen molar-refractivity contribution in [2.75, 3.05) is 0 Å². The Balaban J connectivity index is 5.13. The lowest BCUT2D eigenvalue weighted by Gasteiger charge is -2.25. The second kappa shape index (κ2) is 8.85. The average Bonchev–Trinajstić information content (AvgIpc) is 2.47. The van der Waals surface area contributed by atoms with Crippen molar-refractivity contribution < 1.29 is 24.1 Å². The Kier molecular flexibility index (Phi) is 7.89. The number of ether oxygens (including phenoxy) is 3. The lowest BCUT2D eigenvalue weighted by molar-refractivity contribution is -0.203. The predicted octanol–water partition coefficient (Wildman–Crippen LogP) is 3.71. The molecule has 0 aliphatic rings. The van der Waals surface area contributed by atoms with Gasteiger partial charge in [0.25, 0.3) is 0 Å². The quantitative estimate of drug-likeness (QED) is 0.334. The summed E-state index contributed by atoms with van der Waals surface area (Å²) in [5.41, 5.74) is 0. The van der Waals surface area contributed by atoms with Crippen molar-refractivity contribution in [3.63, 3.8) is 0 Å². The van der Waals surface area contributed by atoms with Crippen LogP contribution in [0.4, 0.5) is 0 Å². The van der Waals surface area contributed by atoms with Crippen LogP contribution in [-0.4, -0.2) is 16.9 Å². The van der Waals surface area contributed by atoms with Crippen molar-refractivity contribution in [1.82, 2.24) is 0 Å². The van der Waals surface area contributed by atoms with Crippen molar-refractivity contribution >= 4 is 5.97 Å². The number of hydrogen-bond donors (Lipinski definition) is 1. The lowest BCUT2D eigenvalue weighted by atomic mass is 10.3. The minimum Gasteiger partial charge on any atom is -0.504 e. The summed E-state index contributed by atoms with van der Waals surface area (Å²) < 4.78 is 15.6. The van der Waals surface area contributed by atoms with Crippen LogP contribution in [0.3, 0.4) is 0 Å². The van der Waals surface area contributed by atoms with Gasteiger partial charge < -0.3 is 19.3 Å². The van der Waals surface area contributed by atoms with Gasteiger partial charge in [-0.15, -0.1) is 0 Å². The standard InChI is InChI=1S/C15H22O5/c1-6-10-18-15(5,19-11-7-2)14(17)20-13(9-4)12(16)8-3/h6-11,16H,1-5H3. The first-order chi connectivity index (χ1) is 9.45. The number of aliphatic hydroxyl groups excluding tert-OH is 1. The molecule has 0 unspecified atom stereocenters. The smallest absolute Gasteiger partial charge is 0.397 e. The summed E-state index contributed by atoms with van der Waals surface area (Å²) in [6.07, 6.45) is 8.78. The Morgan fingerprint density at radius 3 is 1.85 bits per heavy atom. The molecule has 0 atom stereocenters. The molecule has 112 valence electrons. The van der Waals surface area contributed by atoms with E-state index < -0.39 is 11.8 Å². The zero-order chi connectivity index (χ0) is 15.6. The summed E-state index contributed by atoms with van der Waals surface area (Å²) in [5.74, 6) is -2.52. The van der Waals surface area contributed by atoms with Gasteiger partial charge in [-0.3, -0.25) is 0 Å². The molecule has 0 fully saturated rings. The molecule has 0 aromatic heterocycles. The minimum atomic E-state index is -1.64. The van der Waals surface area contributed by atoms with Crippen LogP contribution in [0.15, 0.2) is 48.3 Å². The van der Waals surface area contributed by atoms with Gasteiger partial charge in [-0.2, -0.15) is 0 Å². The van der Waals surface area contributed by atoms with Crippen LogP contribution >= 0.6 is 0 Å². The highest BCUT2D eigenvalue weighted by atomic mass is 16.7. The SMILES string of the molecule is CC=COC(C)(OC=CC)C(=O)OC(=CC)C(O)=CC. The van der Waals surface area contributed by atoms with Gasteiger partial charge in [0.05, 0.1) is 12.5 Å². The van der Waals surface area contributed by atoms with Crippen molar-refractivity contribution in [2.24, 2.45) is 0 Å². The van der Waals surface area contributed by atoms with Gasteiger partial charge in [-0.25, -0.2) is 4.79 Å². The summed E-state index contributed by atoms with van der Waals surface area (Å²) in [6.45, 7) is 8.17. The van der Waals surface area contributed by atoms with Crippen molar-refractivity contribution in [1.29, 1.82) is 0 Å². The first-order valence-electron chi connectivity index (χ1n) is 6.27. The van der Waals surface area contributed by atoms with Gasteiger partial charge in [0.1, 0.15) is 0 Å². The maximum Gasteiger partial charge on any atom is 0.397 e.